The maximum Gasteiger partial charge on any atom is 0.161 e. The first kappa shape index (κ1) is 18.5. The molecule has 1 saturated heterocycles. The minimum Gasteiger partial charge on any atom is -0.488 e. The van der Waals surface area contributed by atoms with Crippen LogP contribution in [0.25, 0.3) is 10.9 Å². The van der Waals surface area contributed by atoms with E-state index in [1.165, 1.54) is 23.1 Å². The summed E-state index contributed by atoms with van der Waals surface area (Å²) in [6, 6.07) is 6.67. The molecule has 1 aromatic carbocycles. The fraction of sp³-hybridized carbons (Fsp3) is 0.591. The number of hydrogen-bond acceptors (Lipinski definition) is 5. The summed E-state index contributed by atoms with van der Waals surface area (Å²) in [6.07, 6.45) is 6.81. The molecule has 1 N–H and O–H groups in total. The molecule has 2 aliphatic heterocycles. The molecule has 0 radical (unpaired) electrons. The Morgan fingerprint density at radius 2 is 2.30 bits per heavy atom. The summed E-state index contributed by atoms with van der Waals surface area (Å²) < 4.78 is 11.7. The van der Waals surface area contributed by atoms with Crippen molar-refractivity contribution in [2.24, 2.45) is 5.92 Å². The molecule has 2 aromatic rings. The number of nitrogens with zero attached hydrogens (tertiary/aromatic N) is 2. The van der Waals surface area contributed by atoms with Crippen molar-refractivity contribution in [1.82, 2.24) is 10.3 Å². The van der Waals surface area contributed by atoms with Crippen molar-refractivity contribution in [3.8, 4) is 5.75 Å². The lowest BCUT2D eigenvalue weighted by Gasteiger charge is -2.36. The summed E-state index contributed by atoms with van der Waals surface area (Å²) >= 11 is 0. The Labute approximate surface area is 162 Å². The molecular formula is C22H31N3O2. The molecule has 0 amide bonds. The molecule has 2 aliphatic rings. The highest BCUT2D eigenvalue weighted by molar-refractivity contribution is 5.95. The van der Waals surface area contributed by atoms with E-state index in [2.05, 4.69) is 40.3 Å². The van der Waals surface area contributed by atoms with Gasteiger partial charge in [-0.2, -0.15) is 0 Å². The summed E-state index contributed by atoms with van der Waals surface area (Å²) in [4.78, 5) is 7.13. The number of rotatable bonds is 6. The van der Waals surface area contributed by atoms with E-state index in [1.807, 2.05) is 13.3 Å². The largest absolute Gasteiger partial charge is 0.488 e. The first-order valence-corrected chi connectivity index (χ1v) is 10.3. The third-order valence-corrected chi connectivity index (χ3v) is 5.98. The average molecular weight is 370 g/mol. The molecule has 2 atom stereocenters. The average Bonchev–Trinajstić information content (AvgIpc) is 2.72. The quantitative estimate of drug-likeness (QED) is 0.846. The molecule has 0 saturated carbocycles. The van der Waals surface area contributed by atoms with Crippen LogP contribution >= 0.6 is 0 Å². The molecule has 5 heteroatoms. The van der Waals surface area contributed by atoms with Gasteiger partial charge < -0.3 is 19.7 Å². The van der Waals surface area contributed by atoms with Gasteiger partial charge in [-0.25, -0.2) is 0 Å². The van der Waals surface area contributed by atoms with Crippen LogP contribution < -0.4 is 15.0 Å². The minimum atomic E-state index is 0.324. The van der Waals surface area contributed by atoms with E-state index in [9.17, 15) is 0 Å². The smallest absolute Gasteiger partial charge is 0.161 e. The molecule has 0 aliphatic carbocycles. The second kappa shape index (κ2) is 8.44. The molecule has 4 rings (SSSR count). The van der Waals surface area contributed by atoms with Crippen LogP contribution in [0.1, 0.15) is 31.7 Å². The molecule has 3 heterocycles. The topological polar surface area (TPSA) is 46.6 Å². The van der Waals surface area contributed by atoms with Crippen LogP contribution in [-0.4, -0.2) is 51.0 Å². The zero-order valence-corrected chi connectivity index (χ0v) is 16.5. The number of pyridine rings is 1. The second-order valence-corrected chi connectivity index (χ2v) is 7.72. The summed E-state index contributed by atoms with van der Waals surface area (Å²) in [5.74, 6) is 1.54. The number of nitrogens with one attached hydrogen (secondary N) is 1. The van der Waals surface area contributed by atoms with Crippen molar-refractivity contribution in [1.29, 1.82) is 0 Å². The Hall–Kier alpha value is -1.85. The Morgan fingerprint density at radius 3 is 3.15 bits per heavy atom. The second-order valence-electron chi connectivity index (χ2n) is 7.72. The number of methoxy groups -OCH3 is 1. The van der Waals surface area contributed by atoms with Crippen molar-refractivity contribution in [3.05, 3.63) is 30.0 Å². The Kier molecular flexibility index (Phi) is 5.79. The highest BCUT2D eigenvalue weighted by Gasteiger charge is 2.27. The van der Waals surface area contributed by atoms with Crippen molar-refractivity contribution >= 4 is 16.6 Å². The Morgan fingerprint density at radius 1 is 1.37 bits per heavy atom. The standard InChI is InChI=1S/C22H31N3O2/c1-3-4-16-5-6-19-18(13-16)22-21(15-24-19)27-12-11-25(22)10-8-17-7-9-23-14-20(17)26-2/h5-6,13,15,17,20,23H,3-4,7-12,14H2,1-2H3. The lowest BCUT2D eigenvalue weighted by molar-refractivity contribution is 0.0313. The molecule has 1 aromatic heterocycles. The van der Waals surface area contributed by atoms with E-state index in [0.29, 0.717) is 12.0 Å². The zero-order valence-electron chi connectivity index (χ0n) is 16.5. The summed E-state index contributed by atoms with van der Waals surface area (Å²) in [5, 5.41) is 4.67. The maximum atomic E-state index is 5.96. The first-order chi connectivity index (χ1) is 13.3. The molecular weight excluding hydrogens is 338 g/mol. The van der Waals surface area contributed by atoms with Gasteiger partial charge >= 0.3 is 0 Å². The molecule has 5 nitrogen and oxygen atoms in total. The SMILES string of the molecule is CCCc1ccc2ncc3c(c2c1)N(CCC1CCNCC1OC)CCO3. The minimum absolute atomic E-state index is 0.324. The molecule has 27 heavy (non-hydrogen) atoms. The fourth-order valence-corrected chi connectivity index (χ4v) is 4.50. The van der Waals surface area contributed by atoms with Gasteiger partial charge in [-0.05, 0) is 49.4 Å². The number of ether oxygens (including phenoxy) is 2. The normalized spacial score (nSPS) is 22.5. The summed E-state index contributed by atoms with van der Waals surface area (Å²) in [7, 11) is 1.84. The predicted octanol–water partition coefficient (Wildman–Crippen LogP) is 3.40. The van der Waals surface area contributed by atoms with Crippen molar-refractivity contribution in [3.63, 3.8) is 0 Å². The van der Waals surface area contributed by atoms with Gasteiger partial charge in [-0.15, -0.1) is 0 Å². The number of aryl methyl sites for hydroxylation is 1. The monoisotopic (exact) mass is 369 g/mol. The highest BCUT2D eigenvalue weighted by atomic mass is 16.5. The van der Waals surface area contributed by atoms with Gasteiger partial charge in [0.1, 0.15) is 6.61 Å². The predicted molar refractivity (Wildman–Crippen MR) is 110 cm³/mol. The number of benzene rings is 1. The van der Waals surface area contributed by atoms with Gasteiger partial charge in [-0.3, -0.25) is 4.98 Å². The third kappa shape index (κ3) is 3.90. The van der Waals surface area contributed by atoms with E-state index in [4.69, 9.17) is 9.47 Å². The van der Waals surface area contributed by atoms with Crippen LogP contribution in [-0.2, 0) is 11.2 Å². The number of aromatic nitrogens is 1. The van der Waals surface area contributed by atoms with E-state index < -0.39 is 0 Å². The van der Waals surface area contributed by atoms with Crippen LogP contribution in [0.3, 0.4) is 0 Å². The summed E-state index contributed by atoms with van der Waals surface area (Å²) in [5.41, 5.74) is 3.66. The molecule has 0 spiro atoms. The van der Waals surface area contributed by atoms with Crippen molar-refractivity contribution < 1.29 is 9.47 Å². The third-order valence-electron chi connectivity index (χ3n) is 5.98. The van der Waals surface area contributed by atoms with Gasteiger partial charge in [0.05, 0.1) is 30.0 Å². The molecule has 146 valence electrons. The number of anilines is 1. The maximum absolute atomic E-state index is 5.96. The number of fused-ring (bicyclic) bond motifs is 3. The van der Waals surface area contributed by atoms with Gasteiger partial charge in [-0.1, -0.05) is 19.4 Å². The van der Waals surface area contributed by atoms with Crippen LogP contribution in [0.4, 0.5) is 5.69 Å². The van der Waals surface area contributed by atoms with E-state index in [-0.39, 0.29) is 0 Å². The highest BCUT2D eigenvalue weighted by Crippen LogP contribution is 2.38. The van der Waals surface area contributed by atoms with E-state index >= 15 is 0 Å². The van der Waals surface area contributed by atoms with Gasteiger partial charge in [0.2, 0.25) is 0 Å². The van der Waals surface area contributed by atoms with Gasteiger partial charge in [0.25, 0.3) is 0 Å². The zero-order chi connectivity index (χ0) is 18.6. The lowest BCUT2D eigenvalue weighted by atomic mass is 9.91. The number of hydrogen-bond donors (Lipinski definition) is 1. The van der Waals surface area contributed by atoms with Crippen LogP contribution in [0, 0.1) is 5.92 Å². The van der Waals surface area contributed by atoms with Crippen molar-refractivity contribution in [2.75, 3.05) is 44.8 Å². The van der Waals surface area contributed by atoms with E-state index in [0.717, 1.165) is 63.3 Å². The molecule has 2 unspecified atom stereocenters. The van der Waals surface area contributed by atoms with Crippen LogP contribution in [0.15, 0.2) is 24.4 Å². The lowest BCUT2D eigenvalue weighted by Crippen LogP contribution is -2.43. The Bertz CT molecular complexity index is 779. The van der Waals surface area contributed by atoms with Crippen molar-refractivity contribution in [2.45, 2.75) is 38.7 Å². The fourth-order valence-electron chi connectivity index (χ4n) is 4.50. The Balaban J connectivity index is 1.60. The van der Waals surface area contributed by atoms with E-state index in [1.54, 1.807) is 0 Å². The van der Waals surface area contributed by atoms with Gasteiger partial charge in [0, 0.05) is 25.6 Å². The molecule has 1 fully saturated rings. The van der Waals surface area contributed by atoms with Crippen LogP contribution in [0.5, 0.6) is 5.75 Å². The van der Waals surface area contributed by atoms with Gasteiger partial charge in [0.15, 0.2) is 5.75 Å². The number of piperidine rings is 1. The van der Waals surface area contributed by atoms with Crippen LogP contribution in [0.2, 0.25) is 0 Å². The first-order valence-electron chi connectivity index (χ1n) is 10.3. The molecule has 0 bridgehead atoms. The summed E-state index contributed by atoms with van der Waals surface area (Å²) in [6.45, 7) is 6.99.